The highest BCUT2D eigenvalue weighted by Gasteiger charge is 2.42. The van der Waals surface area contributed by atoms with Crippen LogP contribution in [0.5, 0.6) is 0 Å². The second kappa shape index (κ2) is 4.70. The van der Waals surface area contributed by atoms with Crippen LogP contribution in [0.1, 0.15) is 36.8 Å². The summed E-state index contributed by atoms with van der Waals surface area (Å²) in [5, 5.41) is 7.70. The van der Waals surface area contributed by atoms with E-state index in [0.29, 0.717) is 11.7 Å². The predicted molar refractivity (Wildman–Crippen MR) is 76.0 cm³/mol. The number of aromatic nitrogens is 2. The smallest absolute Gasteiger partial charge is 0.244 e. The SMILES string of the molecule is Cc1ccc(-c2noc(C3NCC4CCCC43)n2)cc1. The molecule has 1 N–H and O–H groups in total. The lowest BCUT2D eigenvalue weighted by molar-refractivity contribution is 0.302. The van der Waals surface area contributed by atoms with Crippen molar-refractivity contribution in [2.45, 2.75) is 32.2 Å². The lowest BCUT2D eigenvalue weighted by atomic mass is 9.94. The first kappa shape index (κ1) is 12.1. The highest BCUT2D eigenvalue weighted by Crippen LogP contribution is 2.44. The number of nitrogens with one attached hydrogen (secondary N) is 1. The van der Waals surface area contributed by atoms with Crippen LogP contribution in [0.4, 0.5) is 0 Å². The molecule has 4 rings (SSSR count). The van der Waals surface area contributed by atoms with Crippen LogP contribution in [0.15, 0.2) is 28.8 Å². The van der Waals surface area contributed by atoms with Gasteiger partial charge in [-0.2, -0.15) is 4.98 Å². The van der Waals surface area contributed by atoms with E-state index in [4.69, 9.17) is 4.52 Å². The Morgan fingerprint density at radius 2 is 2.05 bits per heavy atom. The van der Waals surface area contributed by atoms with Crippen molar-refractivity contribution in [2.75, 3.05) is 6.54 Å². The van der Waals surface area contributed by atoms with E-state index in [0.717, 1.165) is 23.9 Å². The van der Waals surface area contributed by atoms with Crippen molar-refractivity contribution in [3.63, 3.8) is 0 Å². The molecule has 104 valence electrons. The molecule has 3 atom stereocenters. The Labute approximate surface area is 118 Å². The van der Waals surface area contributed by atoms with Gasteiger partial charge in [0.25, 0.3) is 0 Å². The molecule has 3 unspecified atom stereocenters. The fourth-order valence-electron chi connectivity index (χ4n) is 3.64. The average Bonchev–Trinajstić information content (AvgIpc) is 3.15. The molecule has 0 bridgehead atoms. The van der Waals surface area contributed by atoms with E-state index in [1.54, 1.807) is 0 Å². The van der Waals surface area contributed by atoms with E-state index in [9.17, 15) is 0 Å². The molecule has 4 nitrogen and oxygen atoms in total. The number of hydrogen-bond acceptors (Lipinski definition) is 4. The molecule has 2 aromatic rings. The molecule has 0 amide bonds. The summed E-state index contributed by atoms with van der Waals surface area (Å²) < 4.78 is 5.52. The summed E-state index contributed by atoms with van der Waals surface area (Å²) in [7, 11) is 0. The number of aryl methyl sites for hydroxylation is 1. The molecule has 2 aliphatic rings. The van der Waals surface area contributed by atoms with Gasteiger partial charge in [0.05, 0.1) is 6.04 Å². The molecule has 20 heavy (non-hydrogen) atoms. The first-order chi connectivity index (χ1) is 9.81. The summed E-state index contributed by atoms with van der Waals surface area (Å²) in [5.74, 6) is 2.94. The van der Waals surface area contributed by atoms with E-state index in [2.05, 4.69) is 34.5 Å². The molecule has 1 aliphatic carbocycles. The second-order valence-corrected chi connectivity index (χ2v) is 6.06. The van der Waals surface area contributed by atoms with Crippen LogP contribution >= 0.6 is 0 Å². The molecule has 4 heteroatoms. The first-order valence-corrected chi connectivity index (χ1v) is 7.45. The molecule has 0 radical (unpaired) electrons. The minimum Gasteiger partial charge on any atom is -0.337 e. The number of rotatable bonds is 2. The third kappa shape index (κ3) is 1.95. The molecule has 1 aliphatic heterocycles. The van der Waals surface area contributed by atoms with Gasteiger partial charge in [0.2, 0.25) is 11.7 Å². The van der Waals surface area contributed by atoms with Gasteiger partial charge in [0, 0.05) is 5.56 Å². The Morgan fingerprint density at radius 3 is 2.90 bits per heavy atom. The Kier molecular flexibility index (Phi) is 2.84. The molecule has 0 spiro atoms. The number of hydrogen-bond donors (Lipinski definition) is 1. The topological polar surface area (TPSA) is 51.0 Å². The third-order valence-electron chi connectivity index (χ3n) is 4.76. The highest BCUT2D eigenvalue weighted by molar-refractivity contribution is 5.54. The van der Waals surface area contributed by atoms with Gasteiger partial charge in [0.15, 0.2) is 0 Å². The number of benzene rings is 1. The molecule has 1 saturated carbocycles. The normalized spacial score (nSPS) is 28.8. The molecule has 1 aromatic carbocycles. The molecule has 1 saturated heterocycles. The van der Waals surface area contributed by atoms with Crippen molar-refractivity contribution in [1.82, 2.24) is 15.5 Å². The minimum atomic E-state index is 0.259. The predicted octanol–water partition coefficient (Wildman–Crippen LogP) is 3.11. The quantitative estimate of drug-likeness (QED) is 0.910. The summed E-state index contributed by atoms with van der Waals surface area (Å²) >= 11 is 0. The highest BCUT2D eigenvalue weighted by atomic mass is 16.5. The van der Waals surface area contributed by atoms with Gasteiger partial charge < -0.3 is 9.84 Å². The van der Waals surface area contributed by atoms with Crippen LogP contribution in [0.25, 0.3) is 11.4 Å². The van der Waals surface area contributed by atoms with Gasteiger partial charge in [-0.1, -0.05) is 41.4 Å². The van der Waals surface area contributed by atoms with Crippen LogP contribution in [0.3, 0.4) is 0 Å². The largest absolute Gasteiger partial charge is 0.337 e. The van der Waals surface area contributed by atoms with Crippen LogP contribution in [-0.4, -0.2) is 16.7 Å². The van der Waals surface area contributed by atoms with Gasteiger partial charge in [-0.3, -0.25) is 0 Å². The van der Waals surface area contributed by atoms with Crippen LogP contribution in [0, 0.1) is 18.8 Å². The summed E-state index contributed by atoms with van der Waals surface area (Å²) in [5.41, 5.74) is 2.26. The lowest BCUT2D eigenvalue weighted by Crippen LogP contribution is -2.18. The Hall–Kier alpha value is -1.68. The zero-order valence-electron chi connectivity index (χ0n) is 11.7. The molecular formula is C16H19N3O. The van der Waals surface area contributed by atoms with Crippen molar-refractivity contribution in [3.05, 3.63) is 35.7 Å². The standard InChI is InChI=1S/C16H19N3O/c1-10-5-7-11(8-6-10)15-18-16(20-19-15)14-13-4-2-3-12(13)9-17-14/h5-8,12-14,17H,2-4,9H2,1H3. The van der Waals surface area contributed by atoms with Crippen molar-refractivity contribution < 1.29 is 4.52 Å². The van der Waals surface area contributed by atoms with Crippen LogP contribution in [-0.2, 0) is 0 Å². The molecule has 2 fully saturated rings. The fourth-order valence-corrected chi connectivity index (χ4v) is 3.64. The zero-order chi connectivity index (χ0) is 13.5. The molecule has 1 aromatic heterocycles. The van der Waals surface area contributed by atoms with Crippen LogP contribution < -0.4 is 5.32 Å². The Balaban J connectivity index is 1.60. The number of nitrogens with zero attached hydrogens (tertiary/aromatic N) is 2. The van der Waals surface area contributed by atoms with Crippen molar-refractivity contribution in [3.8, 4) is 11.4 Å². The van der Waals surface area contributed by atoms with E-state index in [-0.39, 0.29) is 6.04 Å². The zero-order valence-corrected chi connectivity index (χ0v) is 11.7. The average molecular weight is 269 g/mol. The molecular weight excluding hydrogens is 250 g/mol. The van der Waals surface area contributed by atoms with Crippen LogP contribution in [0.2, 0.25) is 0 Å². The fraction of sp³-hybridized carbons (Fsp3) is 0.500. The van der Waals surface area contributed by atoms with E-state index >= 15 is 0 Å². The maximum absolute atomic E-state index is 5.52. The summed E-state index contributed by atoms with van der Waals surface area (Å²) in [6, 6.07) is 8.50. The maximum Gasteiger partial charge on any atom is 0.244 e. The van der Waals surface area contributed by atoms with Gasteiger partial charge in [0.1, 0.15) is 0 Å². The Bertz CT molecular complexity index is 604. The van der Waals surface area contributed by atoms with Gasteiger partial charge in [-0.15, -0.1) is 0 Å². The summed E-state index contributed by atoms with van der Waals surface area (Å²) in [4.78, 5) is 4.61. The van der Waals surface area contributed by atoms with E-state index in [1.807, 2.05) is 12.1 Å². The monoisotopic (exact) mass is 269 g/mol. The van der Waals surface area contributed by atoms with Crippen molar-refractivity contribution in [1.29, 1.82) is 0 Å². The van der Waals surface area contributed by atoms with Gasteiger partial charge in [-0.25, -0.2) is 0 Å². The third-order valence-corrected chi connectivity index (χ3v) is 4.76. The number of fused-ring (bicyclic) bond motifs is 1. The van der Waals surface area contributed by atoms with E-state index < -0.39 is 0 Å². The van der Waals surface area contributed by atoms with Gasteiger partial charge >= 0.3 is 0 Å². The van der Waals surface area contributed by atoms with E-state index in [1.165, 1.54) is 24.8 Å². The lowest BCUT2D eigenvalue weighted by Gasteiger charge is -2.13. The first-order valence-electron chi connectivity index (χ1n) is 7.45. The Morgan fingerprint density at radius 1 is 1.20 bits per heavy atom. The van der Waals surface area contributed by atoms with Gasteiger partial charge in [-0.05, 0) is 38.1 Å². The van der Waals surface area contributed by atoms with Crippen molar-refractivity contribution >= 4 is 0 Å². The summed E-state index contributed by atoms with van der Waals surface area (Å²) in [6.45, 7) is 3.17. The second-order valence-electron chi connectivity index (χ2n) is 6.06. The summed E-state index contributed by atoms with van der Waals surface area (Å²) in [6.07, 6.45) is 3.96. The molecule has 2 heterocycles. The maximum atomic E-state index is 5.52. The van der Waals surface area contributed by atoms with Crippen molar-refractivity contribution in [2.24, 2.45) is 11.8 Å². The minimum absolute atomic E-state index is 0.259.